The van der Waals surface area contributed by atoms with Gasteiger partial charge >= 0.3 is 0 Å². The van der Waals surface area contributed by atoms with Crippen molar-refractivity contribution in [3.05, 3.63) is 57.6 Å². The van der Waals surface area contributed by atoms with Gasteiger partial charge in [0.25, 0.3) is 0 Å². The highest BCUT2D eigenvalue weighted by atomic mass is 79.9. The lowest BCUT2D eigenvalue weighted by Crippen LogP contribution is -2.17. The largest absolute Gasteiger partial charge is 0.507 e. The van der Waals surface area contributed by atoms with Gasteiger partial charge in [0.1, 0.15) is 12.2 Å². The van der Waals surface area contributed by atoms with Crippen molar-refractivity contribution in [2.45, 2.75) is 72.1 Å². The van der Waals surface area contributed by atoms with Crippen LogP contribution in [0.15, 0.2) is 40.9 Å². The Labute approximate surface area is 189 Å². The number of nitriles is 1. The van der Waals surface area contributed by atoms with Crippen LogP contribution in [0, 0.1) is 11.3 Å². The zero-order valence-electron chi connectivity index (χ0n) is 19.1. The molecule has 0 saturated carbocycles. The van der Waals surface area contributed by atoms with E-state index in [9.17, 15) is 9.90 Å². The van der Waals surface area contributed by atoms with Crippen molar-refractivity contribution in [2.75, 3.05) is 5.32 Å². The summed E-state index contributed by atoms with van der Waals surface area (Å²) in [4.78, 5) is 11.0. The molecule has 0 aliphatic rings. The van der Waals surface area contributed by atoms with Gasteiger partial charge in [-0.25, -0.2) is 0 Å². The molecule has 2 rings (SSSR count). The zero-order chi connectivity index (χ0) is 23.1. The molecule has 162 valence electrons. The highest BCUT2D eigenvalue weighted by Crippen LogP contribution is 2.39. The minimum Gasteiger partial charge on any atom is -0.507 e. The highest BCUT2D eigenvalue weighted by molar-refractivity contribution is 9.10. The van der Waals surface area contributed by atoms with Crippen molar-refractivity contribution in [2.24, 2.45) is 0 Å². The number of phenolic OH excluding ortho intramolecular Hbond substituents is 1. The first-order valence-corrected chi connectivity index (χ1v) is 10.9. The maximum Gasteiger partial charge on any atom is 0.238 e. The van der Waals surface area contributed by atoms with Crippen molar-refractivity contribution in [1.82, 2.24) is 0 Å². The van der Waals surface area contributed by atoms with Gasteiger partial charge in [0, 0.05) is 10.2 Å². The van der Waals surface area contributed by atoms with Crippen molar-refractivity contribution in [3.8, 4) is 11.8 Å². The van der Waals surface area contributed by atoms with Crippen LogP contribution in [-0.2, 0) is 22.0 Å². The van der Waals surface area contributed by atoms with E-state index in [0.29, 0.717) is 11.4 Å². The molecule has 0 aliphatic heterocycles. The number of hydrogen-bond donors (Lipinski definition) is 2. The van der Waals surface area contributed by atoms with E-state index in [1.807, 2.05) is 12.1 Å². The van der Waals surface area contributed by atoms with E-state index in [-0.39, 0.29) is 23.2 Å². The molecule has 0 unspecified atom stereocenters. The molecule has 4 nitrogen and oxygen atoms in total. The van der Waals surface area contributed by atoms with Crippen molar-refractivity contribution in [1.29, 1.82) is 5.26 Å². The van der Waals surface area contributed by atoms with Gasteiger partial charge in [0.2, 0.25) is 5.91 Å². The van der Waals surface area contributed by atoms with Crippen LogP contribution in [-0.4, -0.2) is 11.0 Å². The van der Waals surface area contributed by atoms with E-state index in [0.717, 1.165) is 22.0 Å². The van der Waals surface area contributed by atoms with E-state index in [2.05, 4.69) is 81.8 Å². The monoisotopic (exact) mass is 472 g/mol. The quantitative estimate of drug-likeness (QED) is 0.512. The summed E-state index contributed by atoms with van der Waals surface area (Å²) in [6, 6.07) is 13.2. The third-order valence-electron chi connectivity index (χ3n) is 4.56. The first-order chi connectivity index (χ1) is 13.8. The minimum atomic E-state index is -0.287. The molecule has 0 heterocycles. The molecule has 0 saturated heterocycles. The number of nitrogens with zero attached hydrogens (tertiary/aromatic N) is 1. The summed E-state index contributed by atoms with van der Waals surface area (Å²) >= 11 is 3.28. The van der Waals surface area contributed by atoms with E-state index < -0.39 is 0 Å². The molecule has 1 amide bonds. The van der Waals surface area contributed by atoms with Gasteiger partial charge in [-0.3, -0.25) is 4.79 Å². The summed E-state index contributed by atoms with van der Waals surface area (Å²) in [5.41, 5.74) is 4.08. The second-order valence-corrected chi connectivity index (χ2v) is 10.2. The lowest BCUT2D eigenvalue weighted by molar-refractivity contribution is -0.115. The number of carbonyl (C=O) groups excluding carboxylic acids is 1. The Morgan fingerprint density at radius 1 is 1.03 bits per heavy atom. The molecule has 0 aliphatic carbocycles. The molecule has 0 atom stereocenters. The molecular weight excluding hydrogens is 440 g/mol. The van der Waals surface area contributed by atoms with Crippen LogP contribution < -0.4 is 5.32 Å². The van der Waals surface area contributed by atoms with Crippen LogP contribution in [0.1, 0.15) is 71.6 Å². The standard InChI is InChI=1S/C16H26O.C9H7BrN2O/c1-8-11-9-12(15(2,3)4)14(17)13(10-11)16(5,6)7;10-7-1-3-8(4-2-7)12-9(13)5-6-11/h9-10,17H,8H2,1-7H3;1-4H,5H2,(H,12,13). The zero-order valence-corrected chi connectivity index (χ0v) is 20.6. The van der Waals surface area contributed by atoms with E-state index in [1.54, 1.807) is 18.2 Å². The predicted molar refractivity (Wildman–Crippen MR) is 128 cm³/mol. The summed E-state index contributed by atoms with van der Waals surface area (Å²) in [5.74, 6) is 0.187. The molecule has 0 radical (unpaired) electrons. The predicted octanol–water partition coefficient (Wildman–Crippen LogP) is 6.85. The molecule has 2 N–H and O–H groups in total. The number of carbonyl (C=O) groups is 1. The van der Waals surface area contributed by atoms with Gasteiger partial charge in [0.15, 0.2) is 0 Å². The molecule has 0 fully saturated rings. The third kappa shape index (κ3) is 7.84. The molecule has 0 spiro atoms. The van der Waals surface area contributed by atoms with Crippen LogP contribution in [0.4, 0.5) is 5.69 Å². The van der Waals surface area contributed by atoms with Gasteiger partial charge in [-0.15, -0.1) is 0 Å². The fraction of sp³-hybridized carbons (Fsp3) is 0.440. The fourth-order valence-corrected chi connectivity index (χ4v) is 3.12. The van der Waals surface area contributed by atoms with E-state index in [1.165, 1.54) is 5.56 Å². The number of benzene rings is 2. The van der Waals surface area contributed by atoms with Crippen molar-refractivity contribution in [3.63, 3.8) is 0 Å². The lowest BCUT2D eigenvalue weighted by Gasteiger charge is -2.28. The maximum absolute atomic E-state index is 11.0. The summed E-state index contributed by atoms with van der Waals surface area (Å²) < 4.78 is 0.950. The summed E-state index contributed by atoms with van der Waals surface area (Å²) in [6.45, 7) is 15.0. The summed E-state index contributed by atoms with van der Waals surface area (Å²) in [7, 11) is 0. The first-order valence-electron chi connectivity index (χ1n) is 10.1. The average molecular weight is 473 g/mol. The second kappa shape index (κ2) is 10.6. The van der Waals surface area contributed by atoms with E-state index in [4.69, 9.17) is 5.26 Å². The van der Waals surface area contributed by atoms with Crippen LogP contribution in [0.3, 0.4) is 0 Å². The number of rotatable bonds is 3. The van der Waals surface area contributed by atoms with Crippen LogP contribution in [0.25, 0.3) is 0 Å². The van der Waals surface area contributed by atoms with Crippen LogP contribution >= 0.6 is 15.9 Å². The fourth-order valence-electron chi connectivity index (χ4n) is 2.85. The smallest absolute Gasteiger partial charge is 0.238 e. The van der Waals surface area contributed by atoms with Gasteiger partial charge in [-0.1, -0.05) is 76.5 Å². The average Bonchev–Trinajstić information content (AvgIpc) is 2.62. The third-order valence-corrected chi connectivity index (χ3v) is 5.09. The molecule has 5 heteroatoms. The summed E-state index contributed by atoms with van der Waals surface area (Å²) in [6.07, 6.45) is 0.891. The Kier molecular flexibility index (Phi) is 9.11. The van der Waals surface area contributed by atoms with Crippen LogP contribution in [0.2, 0.25) is 0 Å². The Morgan fingerprint density at radius 3 is 1.87 bits per heavy atom. The number of nitrogens with one attached hydrogen (secondary N) is 1. The van der Waals surface area contributed by atoms with Gasteiger partial charge < -0.3 is 10.4 Å². The Bertz CT molecular complexity index is 864. The number of hydrogen-bond acceptors (Lipinski definition) is 3. The molecule has 0 bridgehead atoms. The van der Waals surface area contributed by atoms with E-state index >= 15 is 0 Å². The number of aromatic hydroxyl groups is 1. The first kappa shape index (κ1) is 25.7. The Morgan fingerprint density at radius 2 is 1.50 bits per heavy atom. The molecule has 2 aromatic rings. The normalized spacial score (nSPS) is 11.2. The number of phenols is 1. The van der Waals surface area contributed by atoms with Gasteiger partial charge in [-0.05, 0) is 58.2 Å². The molecule has 2 aromatic carbocycles. The highest BCUT2D eigenvalue weighted by Gasteiger charge is 2.26. The van der Waals surface area contributed by atoms with Gasteiger partial charge in [0.05, 0.1) is 6.07 Å². The van der Waals surface area contributed by atoms with Gasteiger partial charge in [-0.2, -0.15) is 5.26 Å². The minimum absolute atomic E-state index is 0.0186. The topological polar surface area (TPSA) is 73.1 Å². The van der Waals surface area contributed by atoms with Crippen molar-refractivity contribution < 1.29 is 9.90 Å². The molecular formula is C25H33BrN2O2. The number of amides is 1. The number of aryl methyl sites for hydroxylation is 1. The number of anilines is 1. The number of halogens is 1. The van der Waals surface area contributed by atoms with Crippen molar-refractivity contribution >= 4 is 27.5 Å². The Balaban J connectivity index is 0.000000311. The second-order valence-electron chi connectivity index (χ2n) is 9.28. The molecule has 0 aromatic heterocycles. The Hall–Kier alpha value is -2.32. The van der Waals surface area contributed by atoms with Crippen LogP contribution in [0.5, 0.6) is 5.75 Å². The summed E-state index contributed by atoms with van der Waals surface area (Å²) in [5, 5.41) is 21.3. The SMILES string of the molecule is CCc1cc(C(C)(C)C)c(O)c(C(C)(C)C)c1.N#CCC(=O)Nc1ccc(Br)cc1. The lowest BCUT2D eigenvalue weighted by atomic mass is 9.78. The maximum atomic E-state index is 11.0. The molecule has 30 heavy (non-hydrogen) atoms.